The Labute approximate surface area is 290 Å². The van der Waals surface area contributed by atoms with Gasteiger partial charge in [0.25, 0.3) is 0 Å². The van der Waals surface area contributed by atoms with Gasteiger partial charge in [0.1, 0.15) is 0 Å². The molecule has 0 spiro atoms. The second-order valence-corrected chi connectivity index (χ2v) is 18.3. The van der Waals surface area contributed by atoms with Gasteiger partial charge in [-0.15, -0.1) is 0 Å². The van der Waals surface area contributed by atoms with Gasteiger partial charge in [-0.3, -0.25) is 0 Å². The molecule has 0 saturated heterocycles. The minimum absolute atomic E-state index is 0.293. The zero-order valence-electron chi connectivity index (χ0n) is 29.8. The molecule has 4 nitrogen and oxygen atoms in total. The Morgan fingerprint density at radius 3 is 1.45 bits per heavy atom. The van der Waals surface area contributed by atoms with Crippen LogP contribution in [0.25, 0.3) is 0 Å². The molecule has 4 aromatic rings. The number of allylic oxidation sites excluding steroid dienone is 2. The van der Waals surface area contributed by atoms with Crippen LogP contribution in [0.2, 0.25) is 0 Å². The average molecular weight is 707 g/mol. The van der Waals surface area contributed by atoms with Crippen LogP contribution in [0.15, 0.2) is 114 Å². The van der Waals surface area contributed by atoms with Crippen molar-refractivity contribution in [2.45, 2.75) is 92.9 Å². The molecule has 6 heteroatoms. The summed E-state index contributed by atoms with van der Waals surface area (Å²) in [6, 6.07) is 32.5. The number of aliphatic imine (C=N–C) groups is 1. The van der Waals surface area contributed by atoms with E-state index in [1.165, 1.54) is 22.3 Å². The Bertz CT molecular complexity index is 1650. The first-order valence-corrected chi connectivity index (χ1v) is 20.2. The molecular formula is C41H51GeN2O2P. The van der Waals surface area contributed by atoms with Crippen LogP contribution in [0.1, 0.15) is 115 Å². The summed E-state index contributed by atoms with van der Waals surface area (Å²) in [4.78, 5) is 5.27. The van der Waals surface area contributed by atoms with Gasteiger partial charge in [0, 0.05) is 0 Å². The van der Waals surface area contributed by atoms with Crippen molar-refractivity contribution in [3.8, 4) is 0 Å². The molecular weight excluding hydrogens is 656 g/mol. The first-order chi connectivity index (χ1) is 22.3. The van der Waals surface area contributed by atoms with Crippen molar-refractivity contribution in [2.75, 3.05) is 3.86 Å². The van der Waals surface area contributed by atoms with E-state index in [4.69, 9.17) is 8.54 Å². The molecule has 0 atom stereocenters. The molecule has 0 aliphatic rings. The van der Waals surface area contributed by atoms with Crippen molar-refractivity contribution in [1.29, 1.82) is 0 Å². The summed E-state index contributed by atoms with van der Waals surface area (Å²) in [5.41, 5.74) is 9.22. The molecule has 0 bridgehead atoms. The SMILES string of the molecule is CC(/C=C(/C)[N]([Ge][O]P(=O)(c1ccccc1)c1ccccc1)c1c(C(C)C)cccc1C(C)C)=Nc1c(C(C)C)cccc1C(C)C. The second kappa shape index (κ2) is 16.3. The Kier molecular flexibility index (Phi) is 12.7. The second-order valence-electron chi connectivity index (χ2n) is 13.5. The van der Waals surface area contributed by atoms with Crippen LogP contribution in [-0.4, -0.2) is 21.7 Å². The molecule has 0 N–H and O–H groups in total. The summed E-state index contributed by atoms with van der Waals surface area (Å²) in [5.74, 6) is 1.31. The monoisotopic (exact) mass is 708 g/mol. The standard InChI is InChI=1S/C41H51GeN2O2P/c1-28(2)36-23-17-24-37(29(3)4)40(36)43-32(9)27-33(10)44(41-38(30(5)6)25-18-26-39(41)31(7)8)42-46-47(45,34-19-13-11-14-20-34)35-21-15-12-16-22-35/h11-31H,1-10H3/b33-27-,43-32?. The quantitative estimate of drug-likeness (QED) is 0.0789. The van der Waals surface area contributed by atoms with E-state index in [9.17, 15) is 0 Å². The third-order valence-corrected chi connectivity index (χ3v) is 14.4. The van der Waals surface area contributed by atoms with Gasteiger partial charge in [-0.1, -0.05) is 0 Å². The summed E-state index contributed by atoms with van der Waals surface area (Å²) in [7, 11) is -3.38. The van der Waals surface area contributed by atoms with Crippen molar-refractivity contribution in [3.63, 3.8) is 0 Å². The van der Waals surface area contributed by atoms with E-state index >= 15 is 4.57 Å². The summed E-state index contributed by atoms with van der Waals surface area (Å²) in [5, 5.41) is 1.42. The van der Waals surface area contributed by atoms with Crippen molar-refractivity contribution in [1.82, 2.24) is 0 Å². The van der Waals surface area contributed by atoms with Crippen molar-refractivity contribution >= 4 is 51.1 Å². The number of rotatable bonds is 13. The van der Waals surface area contributed by atoms with Gasteiger partial charge >= 0.3 is 292 Å². The maximum absolute atomic E-state index is 15.0. The van der Waals surface area contributed by atoms with Crippen LogP contribution in [0.5, 0.6) is 0 Å². The number of nitrogens with zero attached hydrogens (tertiary/aromatic N) is 2. The van der Waals surface area contributed by atoms with Crippen LogP contribution in [0.3, 0.4) is 0 Å². The fourth-order valence-corrected chi connectivity index (χ4v) is 11.5. The molecule has 47 heavy (non-hydrogen) atoms. The van der Waals surface area contributed by atoms with Crippen LogP contribution >= 0.6 is 7.37 Å². The van der Waals surface area contributed by atoms with E-state index in [-0.39, 0.29) is 0 Å². The maximum atomic E-state index is 15.0. The van der Waals surface area contributed by atoms with Gasteiger partial charge in [0.15, 0.2) is 0 Å². The molecule has 0 aromatic heterocycles. The number of hydrogen-bond acceptors (Lipinski definition) is 4. The van der Waals surface area contributed by atoms with Crippen LogP contribution in [-0.2, 0) is 8.12 Å². The summed E-state index contributed by atoms with van der Waals surface area (Å²) in [6.07, 6.45) is 2.17. The minimum atomic E-state index is -3.38. The first kappa shape index (κ1) is 36.7. The number of benzene rings is 4. The third kappa shape index (κ3) is 8.65. The van der Waals surface area contributed by atoms with Gasteiger partial charge < -0.3 is 0 Å². The Morgan fingerprint density at radius 2 is 1.04 bits per heavy atom. The molecule has 0 aliphatic carbocycles. The normalized spacial score (nSPS) is 12.9. The molecule has 0 saturated carbocycles. The average Bonchev–Trinajstić information content (AvgIpc) is 3.05. The van der Waals surface area contributed by atoms with E-state index in [1.807, 2.05) is 60.7 Å². The van der Waals surface area contributed by atoms with Gasteiger partial charge in [-0.05, 0) is 0 Å². The molecule has 246 valence electrons. The summed E-state index contributed by atoms with van der Waals surface area (Å²) in [6.45, 7) is 22.1. The van der Waals surface area contributed by atoms with Gasteiger partial charge in [0.2, 0.25) is 0 Å². The molecule has 0 fully saturated rings. The third-order valence-electron chi connectivity index (χ3n) is 8.42. The number of para-hydroxylation sites is 2. The van der Waals surface area contributed by atoms with Crippen LogP contribution in [0.4, 0.5) is 11.4 Å². The van der Waals surface area contributed by atoms with Crippen LogP contribution < -0.4 is 14.5 Å². The molecule has 2 radical (unpaired) electrons. The van der Waals surface area contributed by atoms with Gasteiger partial charge in [0.05, 0.1) is 0 Å². The van der Waals surface area contributed by atoms with E-state index in [0.29, 0.717) is 34.3 Å². The first-order valence-electron chi connectivity index (χ1n) is 16.8. The summed E-state index contributed by atoms with van der Waals surface area (Å²) < 4.78 is 24.2. The number of anilines is 1. The summed E-state index contributed by atoms with van der Waals surface area (Å²) >= 11 is -1.45. The van der Waals surface area contributed by atoms with Crippen molar-refractivity contribution in [3.05, 3.63) is 131 Å². The Hall–Kier alpha value is -3.18. The Morgan fingerprint density at radius 1 is 0.638 bits per heavy atom. The van der Waals surface area contributed by atoms with Crippen LogP contribution in [0, 0.1) is 0 Å². The van der Waals surface area contributed by atoms with Crippen molar-refractivity contribution in [2.24, 2.45) is 4.99 Å². The van der Waals surface area contributed by atoms with E-state index in [0.717, 1.165) is 22.8 Å². The zero-order valence-corrected chi connectivity index (χ0v) is 32.8. The van der Waals surface area contributed by atoms with Gasteiger partial charge in [-0.25, -0.2) is 0 Å². The molecule has 0 aliphatic heterocycles. The fourth-order valence-electron chi connectivity index (χ4n) is 5.88. The predicted octanol–water partition coefficient (Wildman–Crippen LogP) is 11.2. The van der Waals surface area contributed by atoms with E-state index in [2.05, 4.69) is 116 Å². The molecule has 0 heterocycles. The molecule has 4 aromatic carbocycles. The van der Waals surface area contributed by atoms with E-state index < -0.39 is 23.4 Å². The topological polar surface area (TPSA) is 41.9 Å². The van der Waals surface area contributed by atoms with Gasteiger partial charge in [-0.2, -0.15) is 0 Å². The molecule has 4 rings (SSSR count). The predicted molar refractivity (Wildman–Crippen MR) is 205 cm³/mol. The molecule has 0 amide bonds. The molecule has 0 unspecified atom stereocenters. The Balaban J connectivity index is 1.89. The van der Waals surface area contributed by atoms with Crippen molar-refractivity contribution < 1.29 is 8.12 Å². The fraction of sp³-hybridized carbons (Fsp3) is 0.341. The van der Waals surface area contributed by atoms with E-state index in [1.54, 1.807) is 0 Å². The number of hydrogen-bond donors (Lipinski definition) is 0. The zero-order chi connectivity index (χ0) is 34.3.